The van der Waals surface area contributed by atoms with Gasteiger partial charge in [0.2, 0.25) is 0 Å². The summed E-state index contributed by atoms with van der Waals surface area (Å²) in [6.07, 6.45) is 0. The van der Waals surface area contributed by atoms with E-state index in [9.17, 15) is 9.18 Å². The van der Waals surface area contributed by atoms with Crippen LogP contribution in [0, 0.1) is 5.82 Å². The minimum absolute atomic E-state index is 0.159. The number of hydrogen-bond donors (Lipinski definition) is 3. The van der Waals surface area contributed by atoms with Gasteiger partial charge in [-0.25, -0.2) is 9.38 Å². The number of halogens is 1. The van der Waals surface area contributed by atoms with Crippen LogP contribution in [0.5, 0.6) is 5.75 Å². The van der Waals surface area contributed by atoms with Gasteiger partial charge in [0.15, 0.2) is 5.96 Å². The van der Waals surface area contributed by atoms with E-state index in [1.807, 2.05) is 6.92 Å². The quantitative estimate of drug-likeness (QED) is 0.378. The van der Waals surface area contributed by atoms with Crippen LogP contribution >= 0.6 is 0 Å². The Morgan fingerprint density at radius 1 is 1.04 bits per heavy atom. The molecule has 2 rings (SSSR count). The molecule has 0 aliphatic rings. The van der Waals surface area contributed by atoms with E-state index in [1.54, 1.807) is 49.6 Å². The van der Waals surface area contributed by atoms with Crippen LogP contribution in [-0.4, -0.2) is 38.6 Å². The van der Waals surface area contributed by atoms with Gasteiger partial charge in [-0.15, -0.1) is 0 Å². The molecule has 1 amide bonds. The Balaban J connectivity index is 1.80. The highest BCUT2D eigenvalue weighted by atomic mass is 19.1. The van der Waals surface area contributed by atoms with Crippen molar-refractivity contribution in [3.63, 3.8) is 0 Å². The lowest BCUT2D eigenvalue weighted by atomic mass is 10.2. The lowest BCUT2D eigenvalue weighted by molar-refractivity contribution is 0.0954. The summed E-state index contributed by atoms with van der Waals surface area (Å²) in [5.74, 6) is 0.839. The molecule has 0 atom stereocenters. The standard InChI is InChI=1S/C20H25FN4O2/c1-3-22-20(25-14-16-6-4-5-7-18(16)21)24-13-12-23-19(26)15-8-10-17(27-2)11-9-15/h4-11H,3,12-14H2,1-2H3,(H,23,26)(H2,22,24,25). The zero-order chi connectivity index (χ0) is 19.5. The van der Waals surface area contributed by atoms with E-state index in [0.717, 1.165) is 0 Å². The first-order valence-electron chi connectivity index (χ1n) is 8.82. The lowest BCUT2D eigenvalue weighted by Crippen LogP contribution is -2.41. The van der Waals surface area contributed by atoms with E-state index in [2.05, 4.69) is 20.9 Å². The number of ether oxygens (including phenoxy) is 1. The smallest absolute Gasteiger partial charge is 0.251 e. The van der Waals surface area contributed by atoms with Crippen molar-refractivity contribution in [2.45, 2.75) is 13.5 Å². The summed E-state index contributed by atoms with van der Waals surface area (Å²) < 4.78 is 18.7. The second-order valence-corrected chi connectivity index (χ2v) is 5.70. The van der Waals surface area contributed by atoms with Crippen LogP contribution in [0.25, 0.3) is 0 Å². The summed E-state index contributed by atoms with van der Waals surface area (Å²) in [5, 5.41) is 9.04. The Labute approximate surface area is 158 Å². The number of hydrogen-bond acceptors (Lipinski definition) is 3. The number of carbonyl (C=O) groups excluding carboxylic acids is 1. The number of aliphatic imine (C=N–C) groups is 1. The zero-order valence-electron chi connectivity index (χ0n) is 15.6. The zero-order valence-corrected chi connectivity index (χ0v) is 15.6. The first kappa shape index (κ1) is 20.2. The Bertz CT molecular complexity index is 763. The van der Waals surface area contributed by atoms with Gasteiger partial charge < -0.3 is 20.7 Å². The van der Waals surface area contributed by atoms with Crippen LogP contribution in [0.3, 0.4) is 0 Å². The molecule has 144 valence electrons. The predicted octanol–water partition coefficient (Wildman–Crippen LogP) is 2.32. The van der Waals surface area contributed by atoms with Crippen LogP contribution in [0.4, 0.5) is 4.39 Å². The van der Waals surface area contributed by atoms with E-state index < -0.39 is 0 Å². The molecule has 27 heavy (non-hydrogen) atoms. The molecule has 3 N–H and O–H groups in total. The molecule has 0 spiro atoms. The number of guanidine groups is 1. The summed E-state index contributed by atoms with van der Waals surface area (Å²) >= 11 is 0. The van der Waals surface area contributed by atoms with E-state index in [4.69, 9.17) is 4.74 Å². The Morgan fingerprint density at radius 3 is 2.41 bits per heavy atom. The van der Waals surface area contributed by atoms with Gasteiger partial charge in [0.25, 0.3) is 5.91 Å². The molecular formula is C20H25FN4O2. The minimum Gasteiger partial charge on any atom is -0.497 e. The molecule has 0 saturated heterocycles. The summed E-state index contributed by atoms with van der Waals surface area (Å²) in [7, 11) is 1.58. The van der Waals surface area contributed by atoms with Gasteiger partial charge in [0.1, 0.15) is 11.6 Å². The normalized spacial score (nSPS) is 11.0. The van der Waals surface area contributed by atoms with Crippen molar-refractivity contribution in [2.24, 2.45) is 4.99 Å². The fourth-order valence-corrected chi connectivity index (χ4v) is 2.33. The van der Waals surface area contributed by atoms with Gasteiger partial charge in [-0.1, -0.05) is 18.2 Å². The van der Waals surface area contributed by atoms with Crippen molar-refractivity contribution in [1.29, 1.82) is 0 Å². The number of carbonyl (C=O) groups is 1. The Hall–Kier alpha value is -3.09. The molecule has 2 aromatic carbocycles. The average Bonchev–Trinajstić information content (AvgIpc) is 2.70. The van der Waals surface area contributed by atoms with Gasteiger partial charge in [-0.2, -0.15) is 0 Å². The maximum atomic E-state index is 13.7. The van der Waals surface area contributed by atoms with E-state index in [0.29, 0.717) is 42.5 Å². The maximum Gasteiger partial charge on any atom is 0.251 e. The summed E-state index contributed by atoms with van der Waals surface area (Å²) in [6.45, 7) is 3.78. The molecule has 0 aliphatic heterocycles. The van der Waals surface area contributed by atoms with Gasteiger partial charge in [0, 0.05) is 30.8 Å². The van der Waals surface area contributed by atoms with E-state index in [1.165, 1.54) is 6.07 Å². The fourth-order valence-electron chi connectivity index (χ4n) is 2.33. The molecule has 0 fully saturated rings. The molecule has 0 radical (unpaired) electrons. The highest BCUT2D eigenvalue weighted by molar-refractivity contribution is 5.94. The van der Waals surface area contributed by atoms with Crippen molar-refractivity contribution in [3.05, 3.63) is 65.5 Å². The number of methoxy groups -OCH3 is 1. The van der Waals surface area contributed by atoms with E-state index >= 15 is 0 Å². The molecule has 0 heterocycles. The third-order valence-corrected chi connectivity index (χ3v) is 3.76. The summed E-state index contributed by atoms with van der Waals surface area (Å²) in [4.78, 5) is 16.5. The highest BCUT2D eigenvalue weighted by Crippen LogP contribution is 2.11. The van der Waals surface area contributed by atoms with Gasteiger partial charge >= 0.3 is 0 Å². The van der Waals surface area contributed by atoms with Crippen molar-refractivity contribution in [1.82, 2.24) is 16.0 Å². The molecular weight excluding hydrogens is 347 g/mol. The molecule has 0 aromatic heterocycles. The van der Waals surface area contributed by atoms with E-state index in [-0.39, 0.29) is 18.3 Å². The molecule has 0 unspecified atom stereocenters. The van der Waals surface area contributed by atoms with Crippen molar-refractivity contribution >= 4 is 11.9 Å². The van der Waals surface area contributed by atoms with Crippen LogP contribution in [0.2, 0.25) is 0 Å². The molecule has 0 aliphatic carbocycles. The molecule has 7 heteroatoms. The Morgan fingerprint density at radius 2 is 1.74 bits per heavy atom. The third kappa shape index (κ3) is 6.62. The Kier molecular flexibility index (Phi) is 8.09. The third-order valence-electron chi connectivity index (χ3n) is 3.76. The maximum absolute atomic E-state index is 13.7. The fraction of sp³-hybridized carbons (Fsp3) is 0.300. The second-order valence-electron chi connectivity index (χ2n) is 5.70. The number of nitrogens with one attached hydrogen (secondary N) is 3. The number of nitrogens with zero attached hydrogens (tertiary/aromatic N) is 1. The summed E-state index contributed by atoms with van der Waals surface area (Å²) in [6, 6.07) is 13.5. The second kappa shape index (κ2) is 10.8. The first-order chi connectivity index (χ1) is 13.1. The van der Waals surface area contributed by atoms with Crippen molar-refractivity contribution in [3.8, 4) is 5.75 Å². The summed E-state index contributed by atoms with van der Waals surface area (Å²) in [5.41, 5.74) is 1.10. The lowest BCUT2D eigenvalue weighted by Gasteiger charge is -2.12. The number of benzene rings is 2. The van der Waals surface area contributed by atoms with Crippen molar-refractivity contribution in [2.75, 3.05) is 26.7 Å². The van der Waals surface area contributed by atoms with Crippen LogP contribution < -0.4 is 20.7 Å². The van der Waals surface area contributed by atoms with Gasteiger partial charge in [0.05, 0.1) is 13.7 Å². The first-order valence-corrected chi connectivity index (χ1v) is 8.82. The predicted molar refractivity (Wildman–Crippen MR) is 105 cm³/mol. The molecule has 6 nitrogen and oxygen atoms in total. The highest BCUT2D eigenvalue weighted by Gasteiger charge is 2.05. The monoisotopic (exact) mass is 372 g/mol. The van der Waals surface area contributed by atoms with Gasteiger partial charge in [-0.3, -0.25) is 4.79 Å². The average molecular weight is 372 g/mol. The minimum atomic E-state index is -0.274. The molecule has 0 bridgehead atoms. The number of amides is 1. The largest absolute Gasteiger partial charge is 0.497 e. The van der Waals surface area contributed by atoms with Crippen molar-refractivity contribution < 1.29 is 13.9 Å². The van der Waals surface area contributed by atoms with Gasteiger partial charge in [-0.05, 0) is 37.3 Å². The topological polar surface area (TPSA) is 74.8 Å². The number of rotatable bonds is 8. The van der Waals surface area contributed by atoms with Crippen LogP contribution in [-0.2, 0) is 6.54 Å². The SMILES string of the molecule is CCNC(=NCc1ccccc1F)NCCNC(=O)c1ccc(OC)cc1. The molecule has 0 saturated carbocycles. The van der Waals surface area contributed by atoms with Crippen LogP contribution in [0.15, 0.2) is 53.5 Å². The van der Waals surface area contributed by atoms with Crippen LogP contribution in [0.1, 0.15) is 22.8 Å². The molecule has 2 aromatic rings.